The molecule has 0 aliphatic heterocycles. The van der Waals surface area contributed by atoms with Gasteiger partial charge in [0.15, 0.2) is 0 Å². The Morgan fingerprint density at radius 2 is 1.18 bits per heavy atom. The fraction of sp³-hybridized carbons (Fsp3) is 0.559. The molecular formula is C34H53N9O13. The number of nitrogens with one attached hydrogen (secondary N) is 6. The summed E-state index contributed by atoms with van der Waals surface area (Å²) in [7, 11) is 0. The van der Waals surface area contributed by atoms with Crippen LogP contribution < -0.4 is 49.1 Å². The van der Waals surface area contributed by atoms with E-state index in [0.29, 0.717) is 18.4 Å². The smallest absolute Gasteiger partial charge is 0.326 e. The summed E-state index contributed by atoms with van der Waals surface area (Å²) in [4.78, 5) is 113. The molecule has 0 bridgehead atoms. The van der Waals surface area contributed by atoms with Gasteiger partial charge in [-0.3, -0.25) is 38.4 Å². The van der Waals surface area contributed by atoms with Crippen LogP contribution in [-0.2, 0) is 49.6 Å². The standard InChI is InChI=1S/C34H53N9O13/c1-17(2)28(43-26(47)15-36)33(54)38-20(5-3-4-12-35)29(50)42-24(16-44)32(53)40-22(13-18-6-8-19(45)9-7-18)30(51)41-23(14-25(37)46)31(52)39-21(34(55)56)10-11-27(48)49/h6-9,17,20-24,28,44-45H,3-5,10-16,35-36H2,1-2H3,(H2,37,46)(H,38,54)(H,39,52)(H,40,53)(H,41,51)(H,42,50)(H,43,47)(H,48,49)(H,55,56)/t20-,21-,22-,23-,24+,28-/m0/s1. The number of nitrogens with two attached hydrogens (primary N) is 3. The number of carbonyl (C=O) groups is 9. The summed E-state index contributed by atoms with van der Waals surface area (Å²) in [5.41, 5.74) is 16.6. The van der Waals surface area contributed by atoms with E-state index in [0.717, 1.165) is 0 Å². The number of rotatable bonds is 26. The topological polar surface area (TPSA) is 385 Å². The second kappa shape index (κ2) is 24.5. The second-order valence-corrected chi connectivity index (χ2v) is 13.1. The van der Waals surface area contributed by atoms with Gasteiger partial charge in [0, 0.05) is 12.8 Å². The summed E-state index contributed by atoms with van der Waals surface area (Å²) < 4.78 is 0. The van der Waals surface area contributed by atoms with Crippen molar-refractivity contribution in [3.05, 3.63) is 29.8 Å². The number of hydrogen-bond acceptors (Lipinski definition) is 13. The van der Waals surface area contributed by atoms with E-state index in [9.17, 15) is 58.5 Å². The molecule has 0 unspecified atom stereocenters. The Morgan fingerprint density at radius 1 is 0.661 bits per heavy atom. The lowest BCUT2D eigenvalue weighted by Crippen LogP contribution is -2.61. The molecule has 1 aromatic rings. The number of hydrogen-bond donors (Lipinski definition) is 13. The number of amides is 7. The van der Waals surface area contributed by atoms with Gasteiger partial charge in [0.25, 0.3) is 0 Å². The highest BCUT2D eigenvalue weighted by atomic mass is 16.4. The van der Waals surface area contributed by atoms with Gasteiger partial charge in [-0.15, -0.1) is 0 Å². The number of carboxylic acids is 2. The Hall–Kier alpha value is -5.87. The minimum atomic E-state index is -1.80. The van der Waals surface area contributed by atoms with E-state index in [1.165, 1.54) is 24.3 Å². The lowest BCUT2D eigenvalue weighted by atomic mass is 10.0. The lowest BCUT2D eigenvalue weighted by molar-refractivity contribution is -0.143. The Kier molecular flexibility index (Phi) is 21.1. The molecule has 1 aromatic carbocycles. The molecule has 0 saturated carbocycles. The molecule has 22 heteroatoms. The predicted octanol–water partition coefficient (Wildman–Crippen LogP) is -4.60. The van der Waals surface area contributed by atoms with Gasteiger partial charge in [0.2, 0.25) is 41.4 Å². The van der Waals surface area contributed by atoms with E-state index in [4.69, 9.17) is 22.3 Å². The molecule has 312 valence electrons. The van der Waals surface area contributed by atoms with Crippen LogP contribution in [0.25, 0.3) is 0 Å². The second-order valence-electron chi connectivity index (χ2n) is 13.1. The number of primary amides is 1. The van der Waals surface area contributed by atoms with Crippen LogP contribution in [0.1, 0.15) is 57.9 Å². The number of aliphatic carboxylic acids is 2. The maximum absolute atomic E-state index is 13.7. The molecule has 0 aliphatic carbocycles. The van der Waals surface area contributed by atoms with Crippen LogP contribution in [-0.4, -0.2) is 130 Å². The Bertz CT molecular complexity index is 1540. The van der Waals surface area contributed by atoms with Crippen molar-refractivity contribution >= 4 is 53.3 Å². The number of carbonyl (C=O) groups excluding carboxylic acids is 7. The first-order valence-electron chi connectivity index (χ1n) is 17.7. The third-order valence-electron chi connectivity index (χ3n) is 8.16. The highest BCUT2D eigenvalue weighted by molar-refractivity contribution is 5.98. The predicted molar refractivity (Wildman–Crippen MR) is 196 cm³/mol. The van der Waals surface area contributed by atoms with Gasteiger partial charge < -0.3 is 69.5 Å². The maximum Gasteiger partial charge on any atom is 0.326 e. The van der Waals surface area contributed by atoms with Crippen molar-refractivity contribution in [3.63, 3.8) is 0 Å². The number of aliphatic hydroxyl groups is 1. The number of benzene rings is 1. The quantitative estimate of drug-likeness (QED) is 0.0393. The summed E-state index contributed by atoms with van der Waals surface area (Å²) in [6.07, 6.45) is -1.49. The number of carboxylic acid groups (broad SMARTS) is 2. The normalized spacial score (nSPS) is 14.1. The van der Waals surface area contributed by atoms with Crippen molar-refractivity contribution in [2.24, 2.45) is 23.1 Å². The van der Waals surface area contributed by atoms with Gasteiger partial charge in [-0.25, -0.2) is 4.79 Å². The van der Waals surface area contributed by atoms with E-state index in [1.807, 2.05) is 0 Å². The third kappa shape index (κ3) is 17.5. The van der Waals surface area contributed by atoms with Gasteiger partial charge in [0.05, 0.1) is 19.6 Å². The molecule has 22 nitrogen and oxygen atoms in total. The molecule has 16 N–H and O–H groups in total. The van der Waals surface area contributed by atoms with Crippen LogP contribution in [0.15, 0.2) is 24.3 Å². The van der Waals surface area contributed by atoms with Crippen LogP contribution in [0, 0.1) is 5.92 Å². The van der Waals surface area contributed by atoms with Gasteiger partial charge >= 0.3 is 11.9 Å². The van der Waals surface area contributed by atoms with Crippen LogP contribution in [0.2, 0.25) is 0 Å². The molecular weight excluding hydrogens is 742 g/mol. The largest absolute Gasteiger partial charge is 0.508 e. The first-order valence-corrected chi connectivity index (χ1v) is 17.7. The number of aliphatic hydroxyl groups excluding tert-OH is 1. The zero-order valence-corrected chi connectivity index (χ0v) is 31.1. The van der Waals surface area contributed by atoms with Gasteiger partial charge in [-0.05, 0) is 55.8 Å². The molecule has 6 atom stereocenters. The summed E-state index contributed by atoms with van der Waals surface area (Å²) in [6.45, 7) is 2.17. The number of unbranched alkanes of at least 4 members (excludes halogenated alkanes) is 1. The van der Waals surface area contributed by atoms with Crippen LogP contribution in [0.5, 0.6) is 5.75 Å². The third-order valence-corrected chi connectivity index (χ3v) is 8.16. The van der Waals surface area contributed by atoms with Crippen molar-refractivity contribution < 1.29 is 63.6 Å². The number of aromatic hydroxyl groups is 1. The molecule has 0 aliphatic rings. The Morgan fingerprint density at radius 3 is 1.70 bits per heavy atom. The molecule has 0 heterocycles. The van der Waals surface area contributed by atoms with E-state index in [-0.39, 0.29) is 25.1 Å². The summed E-state index contributed by atoms with van der Waals surface area (Å²) in [5, 5.41) is 52.2. The average molecular weight is 796 g/mol. The monoisotopic (exact) mass is 795 g/mol. The fourth-order valence-corrected chi connectivity index (χ4v) is 5.09. The molecule has 0 spiro atoms. The number of phenolic OH excluding ortho intramolecular Hbond substituents is 1. The van der Waals surface area contributed by atoms with Gasteiger partial charge in [-0.2, -0.15) is 0 Å². The fourth-order valence-electron chi connectivity index (χ4n) is 5.09. The van der Waals surface area contributed by atoms with Crippen LogP contribution in [0.4, 0.5) is 0 Å². The van der Waals surface area contributed by atoms with Crippen LogP contribution in [0.3, 0.4) is 0 Å². The zero-order valence-electron chi connectivity index (χ0n) is 31.1. The number of phenols is 1. The first-order chi connectivity index (χ1) is 26.3. The van der Waals surface area contributed by atoms with Crippen molar-refractivity contribution in [1.29, 1.82) is 0 Å². The van der Waals surface area contributed by atoms with Crippen molar-refractivity contribution in [2.45, 2.75) is 95.0 Å². The SMILES string of the molecule is CC(C)[C@H](NC(=O)CN)C(=O)N[C@@H](CCCCN)C(=O)N[C@H](CO)C(=O)N[C@@H](Cc1ccc(O)cc1)C(=O)N[C@@H](CC(N)=O)C(=O)N[C@@H](CCC(=O)O)C(=O)O. The van der Waals surface area contributed by atoms with E-state index >= 15 is 0 Å². The van der Waals surface area contributed by atoms with Crippen LogP contribution >= 0.6 is 0 Å². The summed E-state index contributed by atoms with van der Waals surface area (Å²) >= 11 is 0. The molecule has 0 saturated heterocycles. The molecule has 56 heavy (non-hydrogen) atoms. The molecule has 0 aromatic heterocycles. The minimum Gasteiger partial charge on any atom is -0.508 e. The molecule has 7 amide bonds. The molecule has 0 radical (unpaired) electrons. The van der Waals surface area contributed by atoms with Gasteiger partial charge in [0.1, 0.15) is 42.0 Å². The first kappa shape index (κ1) is 48.1. The van der Waals surface area contributed by atoms with Crippen molar-refractivity contribution in [2.75, 3.05) is 19.7 Å². The summed E-state index contributed by atoms with van der Waals surface area (Å²) in [6, 6.07) is -3.86. The van der Waals surface area contributed by atoms with E-state index in [1.54, 1.807) is 13.8 Å². The highest BCUT2D eigenvalue weighted by Crippen LogP contribution is 2.13. The minimum absolute atomic E-state index is 0.0401. The summed E-state index contributed by atoms with van der Waals surface area (Å²) in [5.74, 6) is -10.3. The Labute approximate surface area is 322 Å². The zero-order chi connectivity index (χ0) is 42.5. The highest BCUT2D eigenvalue weighted by Gasteiger charge is 2.34. The van der Waals surface area contributed by atoms with E-state index < -0.39 is 128 Å². The maximum atomic E-state index is 13.7. The lowest BCUT2D eigenvalue weighted by Gasteiger charge is -2.27. The van der Waals surface area contributed by atoms with E-state index in [2.05, 4.69) is 31.9 Å². The van der Waals surface area contributed by atoms with Gasteiger partial charge in [-0.1, -0.05) is 26.0 Å². The van der Waals surface area contributed by atoms with Crippen molar-refractivity contribution in [3.8, 4) is 5.75 Å². The molecule has 1 rings (SSSR count). The average Bonchev–Trinajstić information content (AvgIpc) is 3.13. The molecule has 0 fully saturated rings. The Balaban J connectivity index is 3.36. The van der Waals surface area contributed by atoms with Crippen molar-refractivity contribution in [1.82, 2.24) is 31.9 Å².